The first kappa shape index (κ1) is 38.5. The molecule has 248 valence electrons. The lowest BCUT2D eigenvalue weighted by Crippen LogP contribution is -2.36. The molecule has 0 radical (unpaired) electrons. The Labute approximate surface area is 257 Å². The Balaban J connectivity index is 1.80. The van der Waals surface area contributed by atoms with Gasteiger partial charge in [-0.3, -0.25) is 0 Å². The molecule has 0 saturated heterocycles. The van der Waals surface area contributed by atoms with E-state index in [0.717, 1.165) is 25.1 Å². The van der Waals surface area contributed by atoms with Gasteiger partial charge in [-0.05, 0) is 51.5 Å². The van der Waals surface area contributed by atoms with Crippen molar-refractivity contribution in [2.75, 3.05) is 111 Å². The average molecular weight is 615 g/mol. The van der Waals surface area contributed by atoms with E-state index in [-0.39, 0.29) is 18.7 Å². The highest BCUT2D eigenvalue weighted by atomic mass is 16.6. The van der Waals surface area contributed by atoms with Gasteiger partial charge in [0, 0.05) is 25.8 Å². The third kappa shape index (κ3) is 22.7. The zero-order valence-corrected chi connectivity index (χ0v) is 26.9. The fourth-order valence-electron chi connectivity index (χ4n) is 3.24. The molecule has 0 aliphatic rings. The second kappa shape index (κ2) is 24.9. The number of ether oxygens (including phenoxy) is 8. The van der Waals surface area contributed by atoms with Gasteiger partial charge in [-0.25, -0.2) is 9.59 Å². The van der Waals surface area contributed by atoms with E-state index in [1.54, 1.807) is 19.2 Å². The van der Waals surface area contributed by atoms with Crippen LogP contribution in [0.2, 0.25) is 0 Å². The predicted octanol–water partition coefficient (Wildman–Crippen LogP) is 4.02. The van der Waals surface area contributed by atoms with Gasteiger partial charge in [-0.2, -0.15) is 0 Å². The Morgan fingerprint density at radius 2 is 1.14 bits per heavy atom. The SMILES string of the molecule is CCCCNc1ccc(C(=O)OCCOCCOCCOCCOCCOCCOCCN(C)C(=O)OC(C)(C)C)cc1. The first-order valence-corrected chi connectivity index (χ1v) is 15.1. The molecule has 0 heterocycles. The fraction of sp³-hybridized carbons (Fsp3) is 0.742. The Morgan fingerprint density at radius 3 is 1.58 bits per heavy atom. The predicted molar refractivity (Wildman–Crippen MR) is 164 cm³/mol. The first-order chi connectivity index (χ1) is 20.7. The number of unbranched alkanes of at least 4 members (excludes halogenated alkanes) is 1. The summed E-state index contributed by atoms with van der Waals surface area (Å²) in [5.74, 6) is -0.364. The molecule has 0 spiro atoms. The maximum Gasteiger partial charge on any atom is 0.410 e. The normalized spacial score (nSPS) is 11.4. The number of carbonyl (C=O) groups is 2. The molecule has 1 aromatic rings. The molecule has 43 heavy (non-hydrogen) atoms. The molecule has 0 aliphatic heterocycles. The van der Waals surface area contributed by atoms with Gasteiger partial charge >= 0.3 is 12.1 Å². The van der Waals surface area contributed by atoms with Crippen molar-refractivity contribution in [3.63, 3.8) is 0 Å². The molecule has 1 aromatic carbocycles. The van der Waals surface area contributed by atoms with Crippen LogP contribution in [-0.4, -0.2) is 129 Å². The largest absolute Gasteiger partial charge is 0.460 e. The Hall–Kier alpha value is -2.48. The van der Waals surface area contributed by atoms with E-state index in [2.05, 4.69) is 12.2 Å². The fourth-order valence-corrected chi connectivity index (χ4v) is 3.24. The van der Waals surface area contributed by atoms with E-state index < -0.39 is 5.60 Å². The number of likely N-dealkylation sites (N-methyl/N-ethyl adjacent to an activating group) is 1. The number of nitrogens with zero attached hydrogens (tertiary/aromatic N) is 1. The quantitative estimate of drug-likeness (QED) is 0.120. The van der Waals surface area contributed by atoms with E-state index in [9.17, 15) is 9.59 Å². The second-order valence-electron chi connectivity index (χ2n) is 10.6. The van der Waals surface area contributed by atoms with E-state index in [1.165, 1.54) is 4.90 Å². The van der Waals surface area contributed by atoms with Crippen LogP contribution >= 0.6 is 0 Å². The van der Waals surface area contributed by atoms with Crippen molar-refractivity contribution in [3.05, 3.63) is 29.8 Å². The van der Waals surface area contributed by atoms with Crippen molar-refractivity contribution in [1.29, 1.82) is 0 Å². The zero-order chi connectivity index (χ0) is 31.6. The van der Waals surface area contributed by atoms with E-state index in [0.29, 0.717) is 91.4 Å². The van der Waals surface area contributed by atoms with Crippen LogP contribution in [-0.2, 0) is 37.9 Å². The maximum atomic E-state index is 12.1. The smallest absolute Gasteiger partial charge is 0.410 e. The van der Waals surface area contributed by atoms with E-state index >= 15 is 0 Å². The van der Waals surface area contributed by atoms with Gasteiger partial charge < -0.3 is 48.1 Å². The molecule has 0 aliphatic carbocycles. The van der Waals surface area contributed by atoms with E-state index in [1.807, 2.05) is 32.9 Å². The van der Waals surface area contributed by atoms with Crippen molar-refractivity contribution in [3.8, 4) is 0 Å². The van der Waals surface area contributed by atoms with Crippen LogP contribution in [0.3, 0.4) is 0 Å². The van der Waals surface area contributed by atoms with Gasteiger partial charge in [-0.15, -0.1) is 0 Å². The van der Waals surface area contributed by atoms with Gasteiger partial charge in [0.2, 0.25) is 0 Å². The lowest BCUT2D eigenvalue weighted by atomic mass is 10.2. The summed E-state index contributed by atoms with van der Waals surface area (Å²) >= 11 is 0. The molecule has 1 N–H and O–H groups in total. The summed E-state index contributed by atoms with van der Waals surface area (Å²) in [5.41, 5.74) is 0.997. The molecule has 0 saturated carbocycles. The minimum Gasteiger partial charge on any atom is -0.460 e. The van der Waals surface area contributed by atoms with Crippen molar-refractivity contribution < 1.29 is 47.5 Å². The topological polar surface area (TPSA) is 123 Å². The highest BCUT2D eigenvalue weighted by Crippen LogP contribution is 2.11. The van der Waals surface area contributed by atoms with Crippen LogP contribution < -0.4 is 5.32 Å². The van der Waals surface area contributed by atoms with Gasteiger partial charge in [0.05, 0.1) is 84.8 Å². The van der Waals surface area contributed by atoms with Crippen molar-refractivity contribution in [2.24, 2.45) is 0 Å². The standard InChI is InChI=1S/C31H54N2O10/c1-6-7-12-32-28-10-8-27(9-11-28)29(34)42-26-25-41-24-23-40-22-21-39-20-19-38-18-17-37-16-15-36-14-13-33(5)30(35)43-31(2,3)4/h8-11,32H,6-7,12-26H2,1-5H3. The molecule has 0 fully saturated rings. The summed E-state index contributed by atoms with van der Waals surface area (Å²) < 4.78 is 43.3. The third-order valence-electron chi connectivity index (χ3n) is 5.58. The summed E-state index contributed by atoms with van der Waals surface area (Å²) in [6.45, 7) is 14.4. The van der Waals surface area contributed by atoms with Gasteiger partial charge in [-0.1, -0.05) is 13.3 Å². The monoisotopic (exact) mass is 614 g/mol. The van der Waals surface area contributed by atoms with Crippen LogP contribution in [0.5, 0.6) is 0 Å². The molecule has 1 amide bonds. The Kier molecular flexibility index (Phi) is 22.3. The number of rotatable bonds is 26. The Morgan fingerprint density at radius 1 is 0.698 bits per heavy atom. The lowest BCUT2D eigenvalue weighted by molar-refractivity contribution is -0.0202. The zero-order valence-electron chi connectivity index (χ0n) is 26.9. The van der Waals surface area contributed by atoms with Crippen LogP contribution in [0.25, 0.3) is 0 Å². The van der Waals surface area contributed by atoms with Gasteiger partial charge in [0.25, 0.3) is 0 Å². The van der Waals surface area contributed by atoms with Crippen molar-refractivity contribution >= 4 is 17.7 Å². The molecule has 0 bridgehead atoms. The summed E-state index contributed by atoms with van der Waals surface area (Å²) in [6.07, 6.45) is 1.87. The number of nitrogens with one attached hydrogen (secondary N) is 1. The second-order valence-corrected chi connectivity index (χ2v) is 10.6. The molecule has 1 rings (SSSR count). The minimum absolute atomic E-state index is 0.187. The molecule has 0 unspecified atom stereocenters. The third-order valence-corrected chi connectivity index (χ3v) is 5.58. The van der Waals surface area contributed by atoms with Crippen LogP contribution in [0, 0.1) is 0 Å². The summed E-state index contributed by atoms with van der Waals surface area (Å²) in [7, 11) is 1.68. The van der Waals surface area contributed by atoms with Crippen molar-refractivity contribution in [2.45, 2.75) is 46.1 Å². The molecular formula is C31H54N2O10. The van der Waals surface area contributed by atoms with E-state index in [4.69, 9.17) is 37.9 Å². The number of hydrogen-bond acceptors (Lipinski definition) is 11. The molecular weight excluding hydrogens is 560 g/mol. The number of anilines is 1. The number of carbonyl (C=O) groups excluding carboxylic acids is 2. The number of hydrogen-bond donors (Lipinski definition) is 1. The van der Waals surface area contributed by atoms with Crippen LogP contribution in [0.4, 0.5) is 10.5 Å². The number of benzene rings is 1. The highest BCUT2D eigenvalue weighted by molar-refractivity contribution is 5.89. The van der Waals surface area contributed by atoms with Crippen LogP contribution in [0.15, 0.2) is 24.3 Å². The molecule has 12 heteroatoms. The minimum atomic E-state index is -0.512. The first-order valence-electron chi connectivity index (χ1n) is 15.1. The Bertz CT molecular complexity index is 833. The molecule has 12 nitrogen and oxygen atoms in total. The summed E-state index contributed by atoms with van der Waals surface area (Å²) in [6, 6.07) is 7.28. The van der Waals surface area contributed by atoms with Crippen molar-refractivity contribution in [1.82, 2.24) is 4.90 Å². The lowest BCUT2D eigenvalue weighted by Gasteiger charge is -2.24. The van der Waals surface area contributed by atoms with Gasteiger partial charge in [0.15, 0.2) is 0 Å². The highest BCUT2D eigenvalue weighted by Gasteiger charge is 2.19. The van der Waals surface area contributed by atoms with Gasteiger partial charge in [0.1, 0.15) is 12.2 Å². The number of esters is 1. The van der Waals surface area contributed by atoms with Crippen LogP contribution in [0.1, 0.15) is 50.9 Å². The summed E-state index contributed by atoms with van der Waals surface area (Å²) in [4.78, 5) is 25.4. The average Bonchev–Trinajstić information content (AvgIpc) is 2.97. The molecule has 0 atom stereocenters. The summed E-state index contributed by atoms with van der Waals surface area (Å²) in [5, 5.41) is 3.31. The maximum absolute atomic E-state index is 12.1. The molecule has 0 aromatic heterocycles. The number of amides is 1.